The smallest absolute Gasteiger partial charge is 0.255 e. The standard InChI is InChI=1S/C22H28N6O/c1-2-28-21-16(14-26-28)20(27-19-11-7-6-10-18(19)23)17(13-24-21)22(29)25-12-15-8-4-3-5-9-15/h3-5,8-9,13-14,18-19H,2,6-7,10-12,23H2,1H3,(H,24,27)(H,25,29)/t18-,19-/m0/s1. The van der Waals surface area contributed by atoms with Crippen LogP contribution in [-0.4, -0.2) is 32.8 Å². The van der Waals surface area contributed by atoms with Crippen molar-refractivity contribution in [2.45, 2.75) is 57.8 Å². The number of hydrogen-bond donors (Lipinski definition) is 3. The molecule has 3 aromatic rings. The Labute approximate surface area is 170 Å². The maximum atomic E-state index is 13.0. The van der Waals surface area contributed by atoms with Gasteiger partial charge >= 0.3 is 0 Å². The van der Waals surface area contributed by atoms with Gasteiger partial charge in [0.1, 0.15) is 0 Å². The van der Waals surface area contributed by atoms with Gasteiger partial charge in [0.2, 0.25) is 0 Å². The zero-order valence-corrected chi connectivity index (χ0v) is 16.8. The molecule has 29 heavy (non-hydrogen) atoms. The quantitative estimate of drug-likeness (QED) is 0.599. The van der Waals surface area contributed by atoms with Crippen molar-refractivity contribution in [1.82, 2.24) is 20.1 Å². The Bertz CT molecular complexity index is 984. The molecule has 1 aliphatic carbocycles. The summed E-state index contributed by atoms with van der Waals surface area (Å²) >= 11 is 0. The van der Waals surface area contributed by atoms with E-state index in [2.05, 4.69) is 20.7 Å². The van der Waals surface area contributed by atoms with Crippen molar-refractivity contribution in [2.24, 2.45) is 5.73 Å². The second-order valence-electron chi connectivity index (χ2n) is 7.61. The average molecular weight is 393 g/mol. The van der Waals surface area contributed by atoms with Crippen molar-refractivity contribution in [3.05, 3.63) is 53.9 Å². The lowest BCUT2D eigenvalue weighted by Crippen LogP contribution is -2.43. The normalized spacial score (nSPS) is 19.2. The van der Waals surface area contributed by atoms with Crippen LogP contribution in [0.15, 0.2) is 42.7 Å². The first-order chi connectivity index (χ1) is 14.2. The fourth-order valence-corrected chi connectivity index (χ4v) is 3.98. The molecule has 0 saturated heterocycles. The number of aromatic nitrogens is 3. The molecule has 7 nitrogen and oxygen atoms in total. The van der Waals surface area contributed by atoms with Crippen LogP contribution in [0.4, 0.5) is 5.69 Å². The van der Waals surface area contributed by atoms with Crippen molar-refractivity contribution in [1.29, 1.82) is 0 Å². The first kappa shape index (κ1) is 19.4. The number of nitrogens with one attached hydrogen (secondary N) is 2. The molecule has 152 valence electrons. The summed E-state index contributed by atoms with van der Waals surface area (Å²) < 4.78 is 1.84. The molecule has 7 heteroatoms. The van der Waals surface area contributed by atoms with Crippen LogP contribution in [0.2, 0.25) is 0 Å². The number of aryl methyl sites for hydroxylation is 1. The largest absolute Gasteiger partial charge is 0.379 e. The van der Waals surface area contributed by atoms with Gasteiger partial charge in [-0.05, 0) is 25.3 Å². The molecule has 1 saturated carbocycles. The minimum atomic E-state index is -0.153. The lowest BCUT2D eigenvalue weighted by Gasteiger charge is -2.31. The minimum absolute atomic E-state index is 0.0772. The third-order valence-corrected chi connectivity index (χ3v) is 5.66. The average Bonchev–Trinajstić information content (AvgIpc) is 3.18. The molecule has 2 heterocycles. The predicted molar refractivity (Wildman–Crippen MR) is 115 cm³/mol. The topological polar surface area (TPSA) is 97.9 Å². The molecular formula is C22H28N6O. The predicted octanol–water partition coefficient (Wildman–Crippen LogP) is 3.06. The number of benzene rings is 1. The van der Waals surface area contributed by atoms with Crippen LogP contribution >= 0.6 is 0 Å². The molecule has 0 aliphatic heterocycles. The van der Waals surface area contributed by atoms with E-state index in [1.165, 1.54) is 0 Å². The van der Waals surface area contributed by atoms with Gasteiger partial charge in [-0.15, -0.1) is 0 Å². The van der Waals surface area contributed by atoms with Gasteiger partial charge in [0.15, 0.2) is 5.65 Å². The van der Waals surface area contributed by atoms with Gasteiger partial charge in [-0.2, -0.15) is 5.10 Å². The summed E-state index contributed by atoms with van der Waals surface area (Å²) in [6.07, 6.45) is 7.73. The Hall–Kier alpha value is -2.93. The van der Waals surface area contributed by atoms with Gasteiger partial charge in [0.05, 0.1) is 22.8 Å². The zero-order valence-electron chi connectivity index (χ0n) is 16.8. The van der Waals surface area contributed by atoms with Crippen molar-refractivity contribution < 1.29 is 4.79 Å². The number of nitrogens with zero attached hydrogens (tertiary/aromatic N) is 3. The number of carbonyl (C=O) groups is 1. The summed E-state index contributed by atoms with van der Waals surface area (Å²) in [5.74, 6) is -0.153. The molecular weight excluding hydrogens is 364 g/mol. The number of hydrogen-bond acceptors (Lipinski definition) is 5. The van der Waals surface area contributed by atoms with E-state index in [9.17, 15) is 4.79 Å². The number of anilines is 1. The van der Waals surface area contributed by atoms with Gasteiger partial charge < -0.3 is 16.4 Å². The summed E-state index contributed by atoms with van der Waals surface area (Å²) in [4.78, 5) is 17.6. The number of amides is 1. The van der Waals surface area contributed by atoms with Crippen LogP contribution in [0.1, 0.15) is 48.5 Å². The van der Waals surface area contributed by atoms with E-state index in [0.29, 0.717) is 12.1 Å². The molecule has 1 amide bonds. The minimum Gasteiger partial charge on any atom is -0.379 e. The second-order valence-corrected chi connectivity index (χ2v) is 7.61. The van der Waals surface area contributed by atoms with Gasteiger partial charge in [-0.25, -0.2) is 9.67 Å². The number of fused-ring (bicyclic) bond motifs is 1. The first-order valence-electron chi connectivity index (χ1n) is 10.4. The summed E-state index contributed by atoms with van der Waals surface area (Å²) in [7, 11) is 0. The molecule has 1 fully saturated rings. The SMILES string of the molecule is CCn1ncc2c(N[C@H]3CCCC[C@@H]3N)c(C(=O)NCc3ccccc3)cnc21. The third-order valence-electron chi connectivity index (χ3n) is 5.66. The first-order valence-corrected chi connectivity index (χ1v) is 10.4. The number of nitrogens with two attached hydrogens (primary N) is 1. The van der Waals surface area contributed by atoms with Crippen molar-refractivity contribution in [2.75, 3.05) is 5.32 Å². The Morgan fingerprint density at radius 1 is 1.21 bits per heavy atom. The van der Waals surface area contributed by atoms with Crippen LogP contribution in [0, 0.1) is 0 Å². The molecule has 0 radical (unpaired) electrons. The zero-order chi connectivity index (χ0) is 20.2. The Balaban J connectivity index is 1.65. The van der Waals surface area contributed by atoms with Crippen LogP contribution in [0.5, 0.6) is 0 Å². The number of carbonyl (C=O) groups excluding carboxylic acids is 1. The Kier molecular flexibility index (Phi) is 5.76. The highest BCUT2D eigenvalue weighted by atomic mass is 16.1. The van der Waals surface area contributed by atoms with E-state index in [1.54, 1.807) is 12.4 Å². The fraction of sp³-hybridized carbons (Fsp3) is 0.409. The van der Waals surface area contributed by atoms with Crippen LogP contribution in [0.25, 0.3) is 11.0 Å². The molecule has 0 spiro atoms. The molecule has 4 N–H and O–H groups in total. The van der Waals surface area contributed by atoms with Crippen molar-refractivity contribution >= 4 is 22.6 Å². The number of rotatable bonds is 6. The third kappa shape index (κ3) is 4.10. The highest BCUT2D eigenvalue weighted by Gasteiger charge is 2.25. The molecule has 0 unspecified atom stereocenters. The molecule has 4 rings (SSSR count). The van der Waals surface area contributed by atoms with Crippen molar-refractivity contribution in [3.63, 3.8) is 0 Å². The molecule has 0 bridgehead atoms. The summed E-state index contributed by atoms with van der Waals surface area (Å²) in [6, 6.07) is 10.1. The Morgan fingerprint density at radius 2 is 2.00 bits per heavy atom. The highest BCUT2D eigenvalue weighted by molar-refractivity contribution is 6.06. The van der Waals surface area contributed by atoms with E-state index in [0.717, 1.165) is 54.5 Å². The maximum Gasteiger partial charge on any atom is 0.255 e. The van der Waals surface area contributed by atoms with E-state index in [1.807, 2.05) is 41.9 Å². The Morgan fingerprint density at radius 3 is 2.76 bits per heavy atom. The molecule has 2 aromatic heterocycles. The van der Waals surface area contributed by atoms with Gasteiger partial charge in [-0.3, -0.25) is 4.79 Å². The lowest BCUT2D eigenvalue weighted by molar-refractivity contribution is 0.0951. The van der Waals surface area contributed by atoms with Crippen LogP contribution < -0.4 is 16.4 Å². The fourth-order valence-electron chi connectivity index (χ4n) is 3.98. The van der Waals surface area contributed by atoms with Gasteiger partial charge in [-0.1, -0.05) is 43.2 Å². The molecule has 1 aliphatic rings. The summed E-state index contributed by atoms with van der Waals surface area (Å²) in [5, 5.41) is 11.9. The second kappa shape index (κ2) is 8.61. The van der Waals surface area contributed by atoms with Crippen molar-refractivity contribution in [3.8, 4) is 0 Å². The van der Waals surface area contributed by atoms with E-state index < -0.39 is 0 Å². The van der Waals surface area contributed by atoms with Crippen LogP contribution in [0.3, 0.4) is 0 Å². The van der Waals surface area contributed by atoms with E-state index >= 15 is 0 Å². The number of pyridine rings is 1. The lowest BCUT2D eigenvalue weighted by atomic mass is 9.90. The molecule has 1 aromatic carbocycles. The van der Waals surface area contributed by atoms with Gasteiger partial charge in [0, 0.05) is 31.4 Å². The molecule has 2 atom stereocenters. The van der Waals surface area contributed by atoms with E-state index in [-0.39, 0.29) is 18.0 Å². The highest BCUT2D eigenvalue weighted by Crippen LogP contribution is 2.29. The van der Waals surface area contributed by atoms with E-state index in [4.69, 9.17) is 5.73 Å². The maximum absolute atomic E-state index is 13.0. The monoisotopic (exact) mass is 392 g/mol. The van der Waals surface area contributed by atoms with Crippen LogP contribution in [-0.2, 0) is 13.1 Å². The van der Waals surface area contributed by atoms with Gasteiger partial charge in [0.25, 0.3) is 5.91 Å². The summed E-state index contributed by atoms with van der Waals surface area (Å²) in [6.45, 7) is 3.21. The summed E-state index contributed by atoms with van der Waals surface area (Å²) in [5.41, 5.74) is 9.50.